The van der Waals surface area contributed by atoms with Crippen LogP contribution in [0.4, 0.5) is 5.82 Å². The maximum absolute atomic E-state index is 12.6. The predicted molar refractivity (Wildman–Crippen MR) is 116 cm³/mol. The molecule has 0 saturated carbocycles. The Bertz CT molecular complexity index is 1170. The molecule has 2 aromatic carbocycles. The Kier molecular flexibility index (Phi) is 5.51. The van der Waals surface area contributed by atoms with Crippen LogP contribution in [0.1, 0.15) is 18.2 Å². The van der Waals surface area contributed by atoms with E-state index in [1.807, 2.05) is 56.3 Å². The van der Waals surface area contributed by atoms with Crippen LogP contribution in [0.25, 0.3) is 15.3 Å². The summed E-state index contributed by atoms with van der Waals surface area (Å²) < 4.78 is 8.05. The second-order valence-corrected chi connectivity index (χ2v) is 7.88. The average Bonchev–Trinajstić information content (AvgIpc) is 3.27. The number of amides is 1. The van der Waals surface area contributed by atoms with Gasteiger partial charge >= 0.3 is 0 Å². The lowest BCUT2D eigenvalue weighted by Crippen LogP contribution is -2.17. The first-order valence-electron chi connectivity index (χ1n) is 9.17. The number of aromatic nitrogens is 3. The number of hydrogen-bond donors (Lipinski definition) is 1. The van der Waals surface area contributed by atoms with E-state index in [4.69, 9.17) is 16.3 Å². The number of rotatable bonds is 6. The van der Waals surface area contributed by atoms with Crippen molar-refractivity contribution in [3.05, 3.63) is 64.8 Å². The summed E-state index contributed by atoms with van der Waals surface area (Å²) in [5.74, 6) is 1.24. The number of aryl methyl sites for hydroxylation is 1. The number of carbonyl (C=O) groups excluding carboxylic acids is 1. The monoisotopic (exact) mass is 426 g/mol. The fourth-order valence-corrected chi connectivity index (χ4v) is 4.20. The molecule has 1 N–H and O–H groups in total. The standard InChI is InChI=1S/C21H19ClN4O2S/c1-3-28-15-9-7-14(8-10-15)12-19(27)23-18-11-13(2)25-26(18)21-24-20-16(22)5-4-6-17(20)29-21/h4-11H,3,12H2,1-2H3,(H,23,27). The Morgan fingerprint density at radius 3 is 2.76 bits per heavy atom. The molecule has 0 aliphatic carbocycles. The Balaban J connectivity index is 1.54. The lowest BCUT2D eigenvalue weighted by molar-refractivity contribution is -0.115. The molecule has 4 rings (SSSR count). The van der Waals surface area contributed by atoms with Gasteiger partial charge in [0.15, 0.2) is 0 Å². The smallest absolute Gasteiger partial charge is 0.229 e. The molecule has 29 heavy (non-hydrogen) atoms. The van der Waals surface area contributed by atoms with E-state index in [1.165, 1.54) is 11.3 Å². The lowest BCUT2D eigenvalue weighted by atomic mass is 10.1. The molecule has 0 aliphatic rings. The molecule has 2 heterocycles. The van der Waals surface area contributed by atoms with Crippen molar-refractivity contribution in [2.45, 2.75) is 20.3 Å². The molecule has 0 saturated heterocycles. The highest BCUT2D eigenvalue weighted by Gasteiger charge is 2.15. The molecule has 0 fully saturated rings. The molecule has 0 unspecified atom stereocenters. The lowest BCUT2D eigenvalue weighted by Gasteiger charge is -2.07. The van der Waals surface area contributed by atoms with Crippen LogP contribution in [0.3, 0.4) is 0 Å². The van der Waals surface area contributed by atoms with Gasteiger partial charge in [0.1, 0.15) is 17.1 Å². The van der Waals surface area contributed by atoms with Crippen LogP contribution in [-0.4, -0.2) is 27.3 Å². The summed E-state index contributed by atoms with van der Waals surface area (Å²) in [5.41, 5.74) is 2.42. The highest BCUT2D eigenvalue weighted by Crippen LogP contribution is 2.31. The van der Waals surface area contributed by atoms with Gasteiger partial charge in [-0.25, -0.2) is 4.98 Å². The van der Waals surface area contributed by atoms with Crippen molar-refractivity contribution < 1.29 is 9.53 Å². The summed E-state index contributed by atoms with van der Waals surface area (Å²) >= 11 is 7.71. The summed E-state index contributed by atoms with van der Waals surface area (Å²) in [6.45, 7) is 4.42. The van der Waals surface area contributed by atoms with Gasteiger partial charge in [-0.3, -0.25) is 4.79 Å². The summed E-state index contributed by atoms with van der Waals surface area (Å²) in [6.07, 6.45) is 0.252. The van der Waals surface area contributed by atoms with Crippen molar-refractivity contribution in [1.82, 2.24) is 14.8 Å². The minimum Gasteiger partial charge on any atom is -0.494 e. The van der Waals surface area contributed by atoms with Gasteiger partial charge < -0.3 is 10.1 Å². The third-order valence-electron chi connectivity index (χ3n) is 4.24. The largest absolute Gasteiger partial charge is 0.494 e. The quantitative estimate of drug-likeness (QED) is 0.469. The zero-order valence-electron chi connectivity index (χ0n) is 16.0. The van der Waals surface area contributed by atoms with Gasteiger partial charge in [-0.1, -0.05) is 41.1 Å². The molecule has 0 aliphatic heterocycles. The maximum atomic E-state index is 12.6. The van der Waals surface area contributed by atoms with Gasteiger partial charge in [0.2, 0.25) is 11.0 Å². The highest BCUT2D eigenvalue weighted by molar-refractivity contribution is 7.20. The van der Waals surface area contributed by atoms with Crippen molar-refractivity contribution >= 4 is 44.9 Å². The van der Waals surface area contributed by atoms with E-state index < -0.39 is 0 Å². The molecule has 1 amide bonds. The number of nitrogens with zero attached hydrogens (tertiary/aromatic N) is 3. The molecular weight excluding hydrogens is 408 g/mol. The van der Waals surface area contributed by atoms with Crippen molar-refractivity contribution in [2.24, 2.45) is 0 Å². The van der Waals surface area contributed by atoms with Gasteiger partial charge in [-0.15, -0.1) is 0 Å². The number of halogens is 1. The minimum absolute atomic E-state index is 0.130. The number of thiazole rings is 1. The Morgan fingerprint density at radius 2 is 2.03 bits per heavy atom. The van der Waals surface area contributed by atoms with E-state index in [-0.39, 0.29) is 12.3 Å². The number of benzene rings is 2. The molecule has 4 aromatic rings. The van der Waals surface area contributed by atoms with Crippen molar-refractivity contribution in [2.75, 3.05) is 11.9 Å². The minimum atomic E-state index is -0.130. The topological polar surface area (TPSA) is 69.0 Å². The van der Waals surface area contributed by atoms with E-state index in [2.05, 4.69) is 15.4 Å². The Labute approximate surface area is 177 Å². The van der Waals surface area contributed by atoms with Crippen molar-refractivity contribution in [3.63, 3.8) is 0 Å². The van der Waals surface area contributed by atoms with E-state index in [0.717, 1.165) is 27.2 Å². The Hall–Kier alpha value is -2.90. The maximum Gasteiger partial charge on any atom is 0.229 e. The molecule has 0 radical (unpaired) electrons. The molecule has 0 atom stereocenters. The fourth-order valence-electron chi connectivity index (χ4n) is 2.97. The van der Waals surface area contributed by atoms with Gasteiger partial charge in [-0.2, -0.15) is 9.78 Å². The summed E-state index contributed by atoms with van der Waals surface area (Å²) in [5, 5.41) is 8.67. The zero-order valence-corrected chi connectivity index (χ0v) is 17.5. The van der Waals surface area contributed by atoms with Gasteiger partial charge in [-0.05, 0) is 43.7 Å². The number of fused-ring (bicyclic) bond motifs is 1. The summed E-state index contributed by atoms with van der Waals surface area (Å²) in [7, 11) is 0. The van der Waals surface area contributed by atoms with Gasteiger partial charge in [0, 0.05) is 6.07 Å². The first kappa shape index (κ1) is 19.4. The third-order valence-corrected chi connectivity index (χ3v) is 5.54. The van der Waals surface area contributed by atoms with Crippen LogP contribution < -0.4 is 10.1 Å². The fraction of sp³-hybridized carbons (Fsp3) is 0.190. The number of anilines is 1. The van der Waals surface area contributed by atoms with E-state index in [1.54, 1.807) is 10.7 Å². The van der Waals surface area contributed by atoms with Crippen molar-refractivity contribution in [3.8, 4) is 10.9 Å². The van der Waals surface area contributed by atoms with E-state index >= 15 is 0 Å². The van der Waals surface area contributed by atoms with Gasteiger partial charge in [0.05, 0.1) is 28.4 Å². The van der Waals surface area contributed by atoms with Crippen LogP contribution in [0, 0.1) is 6.92 Å². The number of para-hydroxylation sites is 1. The SMILES string of the molecule is CCOc1ccc(CC(=O)Nc2cc(C)nn2-c2nc3c(Cl)cccc3s2)cc1. The first-order valence-corrected chi connectivity index (χ1v) is 10.4. The molecule has 2 aromatic heterocycles. The van der Waals surface area contributed by atoms with Crippen LogP contribution >= 0.6 is 22.9 Å². The van der Waals surface area contributed by atoms with Gasteiger partial charge in [0.25, 0.3) is 0 Å². The second kappa shape index (κ2) is 8.23. The van der Waals surface area contributed by atoms with Crippen LogP contribution in [0.5, 0.6) is 5.75 Å². The Morgan fingerprint density at radius 1 is 1.24 bits per heavy atom. The summed E-state index contributed by atoms with van der Waals surface area (Å²) in [6, 6.07) is 15.0. The van der Waals surface area contributed by atoms with E-state index in [0.29, 0.717) is 22.6 Å². The normalized spacial score (nSPS) is 11.0. The predicted octanol–water partition coefficient (Wildman–Crippen LogP) is 5.02. The number of carbonyl (C=O) groups is 1. The molecule has 0 spiro atoms. The van der Waals surface area contributed by atoms with Crippen LogP contribution in [0.15, 0.2) is 48.5 Å². The number of ether oxygens (including phenoxy) is 1. The summed E-state index contributed by atoms with van der Waals surface area (Å²) in [4.78, 5) is 17.2. The highest BCUT2D eigenvalue weighted by atomic mass is 35.5. The van der Waals surface area contributed by atoms with Crippen molar-refractivity contribution in [1.29, 1.82) is 0 Å². The van der Waals surface area contributed by atoms with E-state index in [9.17, 15) is 4.79 Å². The molecule has 148 valence electrons. The third kappa shape index (κ3) is 4.26. The zero-order chi connectivity index (χ0) is 20.4. The second-order valence-electron chi connectivity index (χ2n) is 6.47. The number of hydrogen-bond acceptors (Lipinski definition) is 5. The van der Waals surface area contributed by atoms with Crippen LogP contribution in [0.2, 0.25) is 5.02 Å². The number of nitrogens with one attached hydrogen (secondary N) is 1. The molecule has 8 heteroatoms. The molecule has 6 nitrogen and oxygen atoms in total. The molecule has 0 bridgehead atoms. The van der Waals surface area contributed by atoms with Crippen LogP contribution in [-0.2, 0) is 11.2 Å². The average molecular weight is 427 g/mol. The first-order chi connectivity index (χ1) is 14.0. The molecular formula is C21H19ClN4O2S.